The first-order chi connectivity index (χ1) is 5.49. The van der Waals surface area contributed by atoms with Crippen LogP contribution in [0.25, 0.3) is 0 Å². The Morgan fingerprint density at radius 3 is 2.58 bits per heavy atom. The molecule has 0 bridgehead atoms. The van der Waals surface area contributed by atoms with Crippen molar-refractivity contribution in [1.82, 2.24) is 0 Å². The first kappa shape index (κ1) is 12.7. The molecule has 0 saturated carbocycles. The van der Waals surface area contributed by atoms with Crippen LogP contribution in [0.1, 0.15) is 0 Å². The van der Waals surface area contributed by atoms with E-state index in [2.05, 4.69) is 15.6 Å². The first-order valence-corrected chi connectivity index (χ1v) is 7.90. The van der Waals surface area contributed by atoms with Gasteiger partial charge in [0.25, 0.3) is 0 Å². The van der Waals surface area contributed by atoms with Crippen LogP contribution in [0.3, 0.4) is 0 Å². The van der Waals surface area contributed by atoms with Gasteiger partial charge in [-0.25, -0.2) is 0 Å². The van der Waals surface area contributed by atoms with Crippen molar-refractivity contribution in [1.29, 1.82) is 0 Å². The number of carboxylic acid groups (broad SMARTS) is 1. The third-order valence-corrected chi connectivity index (χ3v) is 6.19. The molecule has 0 rings (SSSR count). The normalized spacial score (nSPS) is 15.2. The summed E-state index contributed by atoms with van der Waals surface area (Å²) in [5.74, 6) is 1.56. The topological polar surface area (TPSA) is 63.3 Å². The molecule has 12 heavy (non-hydrogen) atoms. The molecule has 0 aromatic carbocycles. The fourth-order valence-corrected chi connectivity index (χ4v) is 4.08. The van der Waals surface area contributed by atoms with Gasteiger partial charge in [0.05, 0.1) is 0 Å². The molecule has 0 fully saturated rings. The molecule has 0 spiro atoms. The zero-order valence-electron chi connectivity index (χ0n) is 6.86. The molecule has 0 aromatic rings. The van der Waals surface area contributed by atoms with E-state index in [-0.39, 0.29) is 15.0 Å². The minimum atomic E-state index is -1.13. The molecule has 1 unspecified atom stereocenters. The third-order valence-electron chi connectivity index (χ3n) is 1.33. The zero-order valence-corrected chi connectivity index (χ0v) is 11.1. The van der Waals surface area contributed by atoms with Crippen molar-refractivity contribution in [3.63, 3.8) is 0 Å². The van der Waals surface area contributed by atoms with Gasteiger partial charge in [-0.2, -0.15) is 0 Å². The van der Waals surface area contributed by atoms with E-state index >= 15 is 0 Å². The predicted molar refractivity (Wildman–Crippen MR) is 55.3 cm³/mol. The third kappa shape index (κ3) is 2.87. The zero-order chi connectivity index (χ0) is 9.78. The summed E-state index contributed by atoms with van der Waals surface area (Å²) < 4.78 is -0.402. The van der Waals surface area contributed by atoms with Gasteiger partial charge in [-0.15, -0.1) is 0 Å². The van der Waals surface area contributed by atoms with Gasteiger partial charge < -0.3 is 0 Å². The van der Waals surface area contributed by atoms with Crippen LogP contribution >= 0.6 is 11.8 Å². The Labute approximate surface area is 90.4 Å². The quantitative estimate of drug-likeness (QED) is 0.650. The van der Waals surface area contributed by atoms with Crippen molar-refractivity contribution >= 4 is 52.7 Å². The van der Waals surface area contributed by atoms with Gasteiger partial charge in [0.1, 0.15) is 0 Å². The van der Waals surface area contributed by atoms with Gasteiger partial charge in [-0.3, -0.25) is 0 Å². The number of thioether (sulfide) groups is 1. The molecular formula is C6H11NO2SSe2. The van der Waals surface area contributed by atoms with Crippen molar-refractivity contribution in [2.45, 2.75) is 10.3 Å². The van der Waals surface area contributed by atoms with Crippen molar-refractivity contribution in [3.05, 3.63) is 0 Å². The van der Waals surface area contributed by atoms with Crippen LogP contribution in [0, 0.1) is 0 Å². The summed E-state index contributed by atoms with van der Waals surface area (Å²) in [5, 5.41) is 8.87. The molecule has 0 aliphatic rings. The van der Waals surface area contributed by atoms with Crippen LogP contribution < -0.4 is 5.73 Å². The molecule has 6 heteroatoms. The summed E-state index contributed by atoms with van der Waals surface area (Å²) in [6, 6.07) is 0. The Kier molecular flexibility index (Phi) is 5.74. The summed E-state index contributed by atoms with van der Waals surface area (Å²) in [6.45, 7) is 0. The Bertz CT molecular complexity index is 200. The molecule has 1 atom stereocenters. The van der Waals surface area contributed by atoms with Crippen LogP contribution in [-0.2, 0) is 4.79 Å². The summed E-state index contributed by atoms with van der Waals surface area (Å²) >= 11 is 4.19. The average molecular weight is 319 g/mol. The Morgan fingerprint density at radius 1 is 1.83 bits per heavy atom. The van der Waals surface area contributed by atoms with Crippen LogP contribution in [0.15, 0.2) is 0 Å². The second kappa shape index (κ2) is 5.43. The molecular weight excluding hydrogens is 308 g/mol. The van der Waals surface area contributed by atoms with Crippen LogP contribution in [0.2, 0.25) is 5.82 Å². The van der Waals surface area contributed by atoms with Crippen LogP contribution in [-0.4, -0.2) is 62.5 Å². The fraction of sp³-hybridized carbons (Fsp3) is 0.667. The number of nitrogens with two attached hydrogens (primary N) is 1. The number of rotatable bonds is 5. The molecule has 3 nitrogen and oxygen atoms in total. The number of carbonyl (C=O) groups is 1. The van der Waals surface area contributed by atoms with Gasteiger partial charge >= 0.3 is 90.6 Å². The van der Waals surface area contributed by atoms with Crippen molar-refractivity contribution in [2.24, 2.45) is 5.73 Å². The van der Waals surface area contributed by atoms with E-state index in [1.807, 2.05) is 12.1 Å². The maximum atomic E-state index is 10.8. The molecule has 0 heterocycles. The van der Waals surface area contributed by atoms with Gasteiger partial charge in [0.2, 0.25) is 0 Å². The second-order valence-corrected chi connectivity index (χ2v) is 6.21. The molecule has 0 aliphatic carbocycles. The molecule has 0 aromatic heterocycles. The average Bonchev–Trinajstić information content (AvgIpc) is 2.03. The monoisotopic (exact) mass is 321 g/mol. The van der Waals surface area contributed by atoms with E-state index in [1.165, 1.54) is 0 Å². The Hall–Kier alpha value is 0.689. The molecule has 0 aliphatic heterocycles. The number of carboxylic acids is 1. The van der Waals surface area contributed by atoms with E-state index in [1.54, 1.807) is 11.8 Å². The summed E-state index contributed by atoms with van der Waals surface area (Å²) in [5.41, 5.74) is 5.72. The van der Waals surface area contributed by atoms with E-state index in [0.717, 1.165) is 4.42 Å². The van der Waals surface area contributed by atoms with Gasteiger partial charge in [-0.05, 0) is 0 Å². The van der Waals surface area contributed by atoms with E-state index in [9.17, 15) is 4.79 Å². The van der Waals surface area contributed by atoms with Crippen LogP contribution in [0.4, 0.5) is 0 Å². The first-order valence-electron chi connectivity index (χ1n) is 3.08. The van der Waals surface area contributed by atoms with Crippen molar-refractivity contribution in [3.8, 4) is 0 Å². The van der Waals surface area contributed by atoms with Gasteiger partial charge in [0, 0.05) is 0 Å². The van der Waals surface area contributed by atoms with Crippen molar-refractivity contribution in [2.75, 3.05) is 12.0 Å². The maximum absolute atomic E-state index is 10.8. The van der Waals surface area contributed by atoms with E-state index in [0.29, 0.717) is 5.75 Å². The molecule has 3 N–H and O–H groups in total. The Balaban J connectivity index is 4.52. The van der Waals surface area contributed by atoms with Crippen LogP contribution in [0.5, 0.6) is 0 Å². The van der Waals surface area contributed by atoms with Gasteiger partial charge in [-0.1, -0.05) is 0 Å². The summed E-state index contributed by atoms with van der Waals surface area (Å²) in [7, 11) is 0. The summed E-state index contributed by atoms with van der Waals surface area (Å²) in [6.07, 6.45) is 1.92. The minimum absolute atomic E-state index is 0.130. The number of aliphatic carboxylic acids is 1. The fourth-order valence-electron chi connectivity index (χ4n) is 0.559. The molecule has 0 radical (unpaired) electrons. The number of hydrogen-bond donors (Lipinski definition) is 2. The molecule has 70 valence electrons. The van der Waals surface area contributed by atoms with Gasteiger partial charge in [0.15, 0.2) is 0 Å². The SMILES string of the molecule is CSCC(=[Se])C(N)([Se]C)C(=O)O. The summed E-state index contributed by atoms with van der Waals surface area (Å²) in [4.78, 5) is 10.8. The van der Waals surface area contributed by atoms with E-state index in [4.69, 9.17) is 10.8 Å². The predicted octanol–water partition coefficient (Wildman–Crippen LogP) is -0.818. The molecule has 0 saturated heterocycles. The number of hydrogen-bond acceptors (Lipinski definition) is 3. The molecule has 0 amide bonds. The standard InChI is InChI=1S/C6H11NO2SSe2/c1-10-3-4(11)6(7,12-2)5(8)9/h3,7H2,1-2H3,(H,8,9). The van der Waals surface area contributed by atoms with E-state index < -0.39 is 10.4 Å². The Morgan fingerprint density at radius 2 is 2.33 bits per heavy atom. The second-order valence-electron chi connectivity index (χ2n) is 2.10. The van der Waals surface area contributed by atoms with Crippen molar-refractivity contribution < 1.29 is 9.90 Å².